The average Bonchev–Trinajstić information content (AvgIpc) is 2.38. The summed E-state index contributed by atoms with van der Waals surface area (Å²) in [6.45, 7) is 7.93. The summed E-state index contributed by atoms with van der Waals surface area (Å²) < 4.78 is 5.50. The second-order valence-electron chi connectivity index (χ2n) is 5.73. The minimum absolute atomic E-state index is 0.337. The molecular formula is C16H26ClNO2. The first kappa shape index (κ1) is 17.4. The number of hydrogen-bond acceptors (Lipinski definition) is 3. The zero-order valence-corrected chi connectivity index (χ0v) is 13.4. The number of hydrogen-bond donors (Lipinski definition) is 2. The van der Waals surface area contributed by atoms with E-state index in [1.54, 1.807) is 0 Å². The van der Waals surface area contributed by atoms with Crippen LogP contribution in [0.4, 0.5) is 0 Å². The van der Waals surface area contributed by atoms with Gasteiger partial charge in [0.1, 0.15) is 0 Å². The molecular weight excluding hydrogens is 274 g/mol. The Morgan fingerprint density at radius 1 is 1.20 bits per heavy atom. The Bertz CT molecular complexity index is 367. The van der Waals surface area contributed by atoms with Gasteiger partial charge in [0.15, 0.2) is 0 Å². The standard InChI is InChI=1S/C16H26ClNO2/c1-12(2)8-13(3)18-9-16(19)11-20-10-14-4-6-15(17)7-5-14/h4-7,12-13,16,18-19H,8-11H2,1-3H3. The third-order valence-electron chi connectivity index (χ3n) is 3.02. The molecule has 0 spiro atoms. The van der Waals surface area contributed by atoms with Crippen LogP contribution in [0.25, 0.3) is 0 Å². The van der Waals surface area contributed by atoms with Crippen LogP contribution in [0.3, 0.4) is 0 Å². The Hall–Kier alpha value is -0.610. The topological polar surface area (TPSA) is 41.5 Å². The van der Waals surface area contributed by atoms with Gasteiger partial charge in [0, 0.05) is 17.6 Å². The Kier molecular flexibility index (Phi) is 8.15. The number of ether oxygens (including phenoxy) is 1. The lowest BCUT2D eigenvalue weighted by Crippen LogP contribution is -2.36. The molecule has 20 heavy (non-hydrogen) atoms. The van der Waals surface area contributed by atoms with Crippen LogP contribution in [0.2, 0.25) is 5.02 Å². The van der Waals surface area contributed by atoms with Gasteiger partial charge in [-0.15, -0.1) is 0 Å². The number of halogens is 1. The molecule has 0 aliphatic heterocycles. The summed E-state index contributed by atoms with van der Waals surface area (Å²) in [6, 6.07) is 7.95. The minimum Gasteiger partial charge on any atom is -0.389 e. The highest BCUT2D eigenvalue weighted by Crippen LogP contribution is 2.10. The molecule has 1 rings (SSSR count). The SMILES string of the molecule is CC(C)CC(C)NCC(O)COCc1ccc(Cl)cc1. The van der Waals surface area contributed by atoms with Crippen molar-refractivity contribution in [2.45, 2.75) is 45.9 Å². The molecule has 1 aromatic rings. The number of nitrogens with one attached hydrogen (secondary N) is 1. The zero-order valence-electron chi connectivity index (χ0n) is 12.6. The molecule has 2 unspecified atom stereocenters. The zero-order chi connectivity index (χ0) is 15.0. The Labute approximate surface area is 127 Å². The van der Waals surface area contributed by atoms with Crippen molar-refractivity contribution in [1.82, 2.24) is 5.32 Å². The van der Waals surface area contributed by atoms with E-state index < -0.39 is 6.10 Å². The van der Waals surface area contributed by atoms with Crippen molar-refractivity contribution in [1.29, 1.82) is 0 Å². The lowest BCUT2D eigenvalue weighted by Gasteiger charge is -2.18. The molecule has 4 heteroatoms. The molecule has 2 N–H and O–H groups in total. The maximum Gasteiger partial charge on any atom is 0.0897 e. The lowest BCUT2D eigenvalue weighted by molar-refractivity contribution is 0.0276. The average molecular weight is 300 g/mol. The number of rotatable bonds is 9. The van der Waals surface area contributed by atoms with Crippen molar-refractivity contribution in [3.63, 3.8) is 0 Å². The van der Waals surface area contributed by atoms with Gasteiger partial charge >= 0.3 is 0 Å². The predicted octanol–water partition coefficient (Wildman–Crippen LogP) is 3.24. The monoisotopic (exact) mass is 299 g/mol. The Balaban J connectivity index is 2.13. The van der Waals surface area contributed by atoms with E-state index in [1.165, 1.54) is 0 Å². The second-order valence-corrected chi connectivity index (χ2v) is 6.17. The molecule has 0 bridgehead atoms. The molecule has 0 aliphatic carbocycles. The molecule has 0 heterocycles. The van der Waals surface area contributed by atoms with Crippen LogP contribution in [0.5, 0.6) is 0 Å². The summed E-state index contributed by atoms with van der Waals surface area (Å²) in [7, 11) is 0. The van der Waals surface area contributed by atoms with Gasteiger partial charge in [-0.1, -0.05) is 37.6 Å². The molecule has 0 aliphatic rings. The van der Waals surface area contributed by atoms with E-state index >= 15 is 0 Å². The highest BCUT2D eigenvalue weighted by molar-refractivity contribution is 6.30. The van der Waals surface area contributed by atoms with Crippen LogP contribution in [-0.2, 0) is 11.3 Å². The Morgan fingerprint density at radius 3 is 2.45 bits per heavy atom. The number of aliphatic hydroxyl groups is 1. The van der Waals surface area contributed by atoms with Crippen LogP contribution in [0.15, 0.2) is 24.3 Å². The quantitative estimate of drug-likeness (QED) is 0.735. The number of aliphatic hydroxyl groups excluding tert-OH is 1. The normalized spacial score (nSPS) is 14.5. The molecule has 0 saturated carbocycles. The van der Waals surface area contributed by atoms with E-state index in [1.807, 2.05) is 24.3 Å². The molecule has 1 aromatic carbocycles. The highest BCUT2D eigenvalue weighted by atomic mass is 35.5. The van der Waals surface area contributed by atoms with Gasteiger partial charge in [0.25, 0.3) is 0 Å². The summed E-state index contributed by atoms with van der Waals surface area (Å²) in [5.74, 6) is 0.663. The van der Waals surface area contributed by atoms with Crippen LogP contribution in [-0.4, -0.2) is 30.4 Å². The Morgan fingerprint density at radius 2 is 1.85 bits per heavy atom. The lowest BCUT2D eigenvalue weighted by atomic mass is 10.1. The molecule has 3 nitrogen and oxygen atoms in total. The molecule has 0 fully saturated rings. The predicted molar refractivity (Wildman–Crippen MR) is 84.0 cm³/mol. The van der Waals surface area contributed by atoms with Crippen molar-refractivity contribution in [2.75, 3.05) is 13.2 Å². The third kappa shape index (κ3) is 7.85. The van der Waals surface area contributed by atoms with Gasteiger partial charge in [-0.3, -0.25) is 0 Å². The first-order valence-electron chi connectivity index (χ1n) is 7.21. The van der Waals surface area contributed by atoms with Crippen molar-refractivity contribution >= 4 is 11.6 Å². The van der Waals surface area contributed by atoms with Crippen molar-refractivity contribution in [2.24, 2.45) is 5.92 Å². The van der Waals surface area contributed by atoms with E-state index in [9.17, 15) is 5.11 Å². The summed E-state index contributed by atoms with van der Waals surface area (Å²) in [6.07, 6.45) is 0.634. The fourth-order valence-corrected chi connectivity index (χ4v) is 2.21. The van der Waals surface area contributed by atoms with E-state index in [-0.39, 0.29) is 0 Å². The van der Waals surface area contributed by atoms with Gasteiger partial charge < -0.3 is 15.2 Å². The van der Waals surface area contributed by atoms with E-state index in [0.29, 0.717) is 31.7 Å². The fraction of sp³-hybridized carbons (Fsp3) is 0.625. The van der Waals surface area contributed by atoms with Crippen LogP contribution in [0.1, 0.15) is 32.8 Å². The molecule has 0 aromatic heterocycles. The van der Waals surface area contributed by atoms with E-state index in [2.05, 4.69) is 26.1 Å². The molecule has 2 atom stereocenters. The summed E-state index contributed by atoms with van der Waals surface area (Å²) in [5, 5.41) is 13.9. The van der Waals surface area contributed by atoms with Gasteiger partial charge in [-0.2, -0.15) is 0 Å². The first-order chi connectivity index (χ1) is 9.47. The smallest absolute Gasteiger partial charge is 0.0897 e. The van der Waals surface area contributed by atoms with Crippen molar-refractivity contribution in [3.8, 4) is 0 Å². The van der Waals surface area contributed by atoms with Gasteiger partial charge in [0.05, 0.1) is 19.3 Å². The van der Waals surface area contributed by atoms with Gasteiger partial charge in [-0.05, 0) is 37.0 Å². The van der Waals surface area contributed by atoms with Gasteiger partial charge in [0.2, 0.25) is 0 Å². The highest BCUT2D eigenvalue weighted by Gasteiger charge is 2.08. The summed E-state index contributed by atoms with van der Waals surface area (Å²) >= 11 is 5.81. The van der Waals surface area contributed by atoms with E-state index in [0.717, 1.165) is 17.0 Å². The maximum atomic E-state index is 9.85. The molecule has 114 valence electrons. The largest absolute Gasteiger partial charge is 0.389 e. The van der Waals surface area contributed by atoms with Crippen LogP contribution >= 0.6 is 11.6 Å². The molecule has 0 saturated heterocycles. The third-order valence-corrected chi connectivity index (χ3v) is 3.27. The number of benzene rings is 1. The van der Waals surface area contributed by atoms with Gasteiger partial charge in [-0.25, -0.2) is 0 Å². The van der Waals surface area contributed by atoms with Crippen molar-refractivity contribution < 1.29 is 9.84 Å². The summed E-state index contributed by atoms with van der Waals surface area (Å²) in [5.41, 5.74) is 1.06. The van der Waals surface area contributed by atoms with E-state index in [4.69, 9.17) is 16.3 Å². The fourth-order valence-electron chi connectivity index (χ4n) is 2.08. The molecule has 0 amide bonds. The van der Waals surface area contributed by atoms with Crippen molar-refractivity contribution in [3.05, 3.63) is 34.9 Å². The summed E-state index contributed by atoms with van der Waals surface area (Å²) in [4.78, 5) is 0. The van der Waals surface area contributed by atoms with Crippen LogP contribution in [0, 0.1) is 5.92 Å². The maximum absolute atomic E-state index is 9.85. The first-order valence-corrected chi connectivity index (χ1v) is 7.58. The molecule has 0 radical (unpaired) electrons. The second kappa shape index (κ2) is 9.35. The minimum atomic E-state index is -0.475. The van der Waals surface area contributed by atoms with Crippen LogP contribution < -0.4 is 5.32 Å².